The maximum absolute atomic E-state index is 5.23. The van der Waals surface area contributed by atoms with E-state index >= 15 is 0 Å². The molecule has 3 heteroatoms. The first-order chi connectivity index (χ1) is 9.76. The third kappa shape index (κ3) is 4.50. The third-order valence-electron chi connectivity index (χ3n) is 4.06. The lowest BCUT2D eigenvalue weighted by Gasteiger charge is -2.27. The second-order valence-corrected chi connectivity index (χ2v) is 5.82. The zero-order chi connectivity index (χ0) is 14.4. The minimum atomic E-state index is 0.395. The van der Waals surface area contributed by atoms with Crippen molar-refractivity contribution in [3.05, 3.63) is 29.8 Å². The predicted octanol–water partition coefficient (Wildman–Crippen LogP) is 3.08. The van der Waals surface area contributed by atoms with Gasteiger partial charge in [-0.2, -0.15) is 0 Å². The predicted molar refractivity (Wildman–Crippen MR) is 84.2 cm³/mol. The minimum Gasteiger partial charge on any atom is -0.497 e. The molecule has 1 unspecified atom stereocenters. The number of rotatable bonds is 9. The quantitative estimate of drug-likeness (QED) is 0.750. The Morgan fingerprint density at radius 2 is 2.00 bits per heavy atom. The van der Waals surface area contributed by atoms with Gasteiger partial charge in [-0.05, 0) is 56.5 Å². The Morgan fingerprint density at radius 3 is 2.50 bits per heavy atom. The SMILES string of the molecule is CCCN(CC1CC1)CC(NC)c1ccc(OC)cc1. The molecule has 1 aromatic carbocycles. The summed E-state index contributed by atoms with van der Waals surface area (Å²) in [5, 5.41) is 3.46. The summed E-state index contributed by atoms with van der Waals surface area (Å²) >= 11 is 0. The Labute approximate surface area is 123 Å². The lowest BCUT2D eigenvalue weighted by atomic mass is 10.1. The first kappa shape index (κ1) is 15.3. The van der Waals surface area contributed by atoms with Gasteiger partial charge in [0.1, 0.15) is 5.75 Å². The molecule has 1 fully saturated rings. The third-order valence-corrected chi connectivity index (χ3v) is 4.06. The first-order valence-electron chi connectivity index (χ1n) is 7.80. The Bertz CT molecular complexity index is 386. The van der Waals surface area contributed by atoms with Crippen molar-refractivity contribution in [3.8, 4) is 5.75 Å². The van der Waals surface area contributed by atoms with E-state index in [1.807, 2.05) is 12.1 Å². The molecule has 1 saturated carbocycles. The van der Waals surface area contributed by atoms with Gasteiger partial charge >= 0.3 is 0 Å². The van der Waals surface area contributed by atoms with Crippen LogP contribution in [0.5, 0.6) is 5.75 Å². The van der Waals surface area contributed by atoms with Crippen molar-refractivity contribution < 1.29 is 4.74 Å². The average Bonchev–Trinajstić information content (AvgIpc) is 3.29. The van der Waals surface area contributed by atoms with E-state index in [9.17, 15) is 0 Å². The van der Waals surface area contributed by atoms with E-state index in [4.69, 9.17) is 4.74 Å². The number of benzene rings is 1. The van der Waals surface area contributed by atoms with Gasteiger partial charge in [0.25, 0.3) is 0 Å². The molecule has 1 atom stereocenters. The molecule has 2 rings (SSSR count). The van der Waals surface area contributed by atoms with Crippen LogP contribution in [0.1, 0.15) is 37.8 Å². The van der Waals surface area contributed by atoms with Crippen LogP contribution in [0.4, 0.5) is 0 Å². The monoisotopic (exact) mass is 276 g/mol. The van der Waals surface area contributed by atoms with E-state index in [-0.39, 0.29) is 0 Å². The molecule has 1 N–H and O–H groups in total. The molecule has 0 aliphatic heterocycles. The average molecular weight is 276 g/mol. The van der Waals surface area contributed by atoms with Crippen LogP contribution in [-0.2, 0) is 0 Å². The molecule has 0 aromatic heterocycles. The fraction of sp³-hybridized carbons (Fsp3) is 0.647. The van der Waals surface area contributed by atoms with Gasteiger partial charge in [-0.3, -0.25) is 0 Å². The van der Waals surface area contributed by atoms with Crippen LogP contribution in [0.25, 0.3) is 0 Å². The molecule has 1 aliphatic carbocycles. The molecule has 1 aromatic rings. The fourth-order valence-corrected chi connectivity index (χ4v) is 2.70. The molecule has 3 nitrogen and oxygen atoms in total. The highest BCUT2D eigenvalue weighted by Crippen LogP contribution is 2.30. The molecule has 0 spiro atoms. The van der Waals surface area contributed by atoms with E-state index < -0.39 is 0 Å². The second kappa shape index (κ2) is 7.65. The zero-order valence-corrected chi connectivity index (χ0v) is 13.1. The van der Waals surface area contributed by atoms with Crippen molar-refractivity contribution in [1.29, 1.82) is 0 Å². The normalized spacial score (nSPS) is 16.4. The summed E-state index contributed by atoms with van der Waals surface area (Å²) in [5.41, 5.74) is 1.34. The summed E-state index contributed by atoms with van der Waals surface area (Å²) in [6, 6.07) is 8.82. The van der Waals surface area contributed by atoms with Crippen LogP contribution in [-0.4, -0.2) is 38.7 Å². The summed E-state index contributed by atoms with van der Waals surface area (Å²) in [5.74, 6) is 1.88. The maximum Gasteiger partial charge on any atom is 0.118 e. The van der Waals surface area contributed by atoms with Crippen molar-refractivity contribution in [3.63, 3.8) is 0 Å². The molecule has 0 radical (unpaired) electrons. The van der Waals surface area contributed by atoms with Crippen molar-refractivity contribution in [2.24, 2.45) is 5.92 Å². The standard InChI is InChI=1S/C17H28N2O/c1-4-11-19(12-14-5-6-14)13-17(18-2)15-7-9-16(20-3)10-8-15/h7-10,14,17-18H,4-6,11-13H2,1-3H3. The van der Waals surface area contributed by atoms with E-state index in [1.54, 1.807) is 7.11 Å². The molecule has 0 amide bonds. The number of nitrogens with one attached hydrogen (secondary N) is 1. The van der Waals surface area contributed by atoms with Crippen LogP contribution in [0.15, 0.2) is 24.3 Å². The first-order valence-corrected chi connectivity index (χ1v) is 7.80. The van der Waals surface area contributed by atoms with Gasteiger partial charge in [0, 0.05) is 19.1 Å². The highest BCUT2D eigenvalue weighted by Gasteiger charge is 2.25. The molecular weight excluding hydrogens is 248 g/mol. The summed E-state index contributed by atoms with van der Waals surface area (Å²) in [7, 11) is 3.76. The van der Waals surface area contributed by atoms with Crippen molar-refractivity contribution in [1.82, 2.24) is 10.2 Å². The highest BCUT2D eigenvalue weighted by molar-refractivity contribution is 5.29. The Kier molecular flexibility index (Phi) is 5.86. The highest BCUT2D eigenvalue weighted by atomic mass is 16.5. The van der Waals surface area contributed by atoms with Crippen molar-refractivity contribution >= 4 is 0 Å². The fourth-order valence-electron chi connectivity index (χ4n) is 2.70. The summed E-state index contributed by atoms with van der Waals surface area (Å²) < 4.78 is 5.23. The number of hydrogen-bond donors (Lipinski definition) is 1. The summed E-state index contributed by atoms with van der Waals surface area (Å²) in [6.07, 6.45) is 4.08. The van der Waals surface area contributed by atoms with Crippen LogP contribution in [0, 0.1) is 5.92 Å². The summed E-state index contributed by atoms with van der Waals surface area (Å²) in [6.45, 7) is 5.82. The van der Waals surface area contributed by atoms with Crippen LogP contribution in [0.2, 0.25) is 0 Å². The van der Waals surface area contributed by atoms with E-state index in [1.165, 1.54) is 37.9 Å². The molecule has 112 valence electrons. The van der Waals surface area contributed by atoms with Crippen molar-refractivity contribution in [2.45, 2.75) is 32.2 Å². The maximum atomic E-state index is 5.23. The smallest absolute Gasteiger partial charge is 0.118 e. The van der Waals surface area contributed by atoms with Gasteiger partial charge in [0.15, 0.2) is 0 Å². The number of ether oxygens (including phenoxy) is 1. The number of likely N-dealkylation sites (N-methyl/N-ethyl adjacent to an activating group) is 1. The number of hydrogen-bond acceptors (Lipinski definition) is 3. The van der Waals surface area contributed by atoms with Crippen LogP contribution >= 0.6 is 0 Å². The van der Waals surface area contributed by atoms with E-state index in [0.29, 0.717) is 6.04 Å². The molecule has 1 aliphatic rings. The van der Waals surface area contributed by atoms with Crippen LogP contribution < -0.4 is 10.1 Å². The summed E-state index contributed by atoms with van der Waals surface area (Å²) in [4.78, 5) is 2.61. The largest absolute Gasteiger partial charge is 0.497 e. The van der Waals surface area contributed by atoms with Gasteiger partial charge in [-0.1, -0.05) is 19.1 Å². The zero-order valence-electron chi connectivity index (χ0n) is 13.1. The lowest BCUT2D eigenvalue weighted by molar-refractivity contribution is 0.237. The Balaban J connectivity index is 1.97. The van der Waals surface area contributed by atoms with E-state index in [0.717, 1.165) is 18.2 Å². The number of methoxy groups -OCH3 is 1. The van der Waals surface area contributed by atoms with E-state index in [2.05, 4.69) is 36.3 Å². The topological polar surface area (TPSA) is 24.5 Å². The van der Waals surface area contributed by atoms with Gasteiger partial charge in [-0.15, -0.1) is 0 Å². The van der Waals surface area contributed by atoms with Gasteiger partial charge in [0.2, 0.25) is 0 Å². The van der Waals surface area contributed by atoms with Gasteiger partial charge in [-0.25, -0.2) is 0 Å². The van der Waals surface area contributed by atoms with Gasteiger partial charge < -0.3 is 15.0 Å². The Hall–Kier alpha value is -1.06. The van der Waals surface area contributed by atoms with Crippen molar-refractivity contribution in [2.75, 3.05) is 33.8 Å². The molecular formula is C17H28N2O. The second-order valence-electron chi connectivity index (χ2n) is 5.82. The van der Waals surface area contributed by atoms with Gasteiger partial charge in [0.05, 0.1) is 7.11 Å². The minimum absolute atomic E-state index is 0.395. The van der Waals surface area contributed by atoms with Crippen LogP contribution in [0.3, 0.4) is 0 Å². The Morgan fingerprint density at radius 1 is 1.30 bits per heavy atom. The molecule has 0 bridgehead atoms. The molecule has 0 saturated heterocycles. The lowest BCUT2D eigenvalue weighted by Crippen LogP contribution is -2.35. The molecule has 20 heavy (non-hydrogen) atoms. The molecule has 0 heterocycles. The number of nitrogens with zero attached hydrogens (tertiary/aromatic N) is 1.